The summed E-state index contributed by atoms with van der Waals surface area (Å²) in [5.74, 6) is 1.57. The SMILES string of the molecule is COc1ccc(C(N)C2CCCCCCC2)c(C)c1. The van der Waals surface area contributed by atoms with Crippen LogP contribution in [0.25, 0.3) is 0 Å². The summed E-state index contributed by atoms with van der Waals surface area (Å²) in [5.41, 5.74) is 9.10. The molecule has 106 valence electrons. The molecule has 1 aliphatic rings. The predicted molar refractivity (Wildman–Crippen MR) is 80.5 cm³/mol. The normalized spacial score (nSPS) is 19.5. The third-order valence-electron chi connectivity index (χ3n) is 4.49. The van der Waals surface area contributed by atoms with Gasteiger partial charge in [-0.2, -0.15) is 0 Å². The average Bonchev–Trinajstić information content (AvgIpc) is 2.37. The van der Waals surface area contributed by atoms with E-state index >= 15 is 0 Å². The van der Waals surface area contributed by atoms with Crippen molar-refractivity contribution in [2.75, 3.05) is 7.11 Å². The molecular formula is C17H27NO. The molecule has 0 amide bonds. The van der Waals surface area contributed by atoms with Crippen molar-refractivity contribution in [2.24, 2.45) is 11.7 Å². The number of ether oxygens (including phenoxy) is 1. The Morgan fingerprint density at radius 3 is 2.32 bits per heavy atom. The van der Waals surface area contributed by atoms with Gasteiger partial charge >= 0.3 is 0 Å². The molecule has 0 saturated heterocycles. The summed E-state index contributed by atoms with van der Waals surface area (Å²) >= 11 is 0. The first-order valence-corrected chi connectivity index (χ1v) is 7.62. The summed E-state index contributed by atoms with van der Waals surface area (Å²) in [6.45, 7) is 2.14. The first-order valence-electron chi connectivity index (χ1n) is 7.62. The first kappa shape index (κ1) is 14.4. The number of aryl methyl sites for hydroxylation is 1. The molecule has 0 radical (unpaired) electrons. The second-order valence-electron chi connectivity index (χ2n) is 5.85. The molecule has 2 nitrogen and oxygen atoms in total. The molecule has 0 aliphatic heterocycles. The highest BCUT2D eigenvalue weighted by Crippen LogP contribution is 2.33. The maximum absolute atomic E-state index is 6.54. The Hall–Kier alpha value is -1.02. The van der Waals surface area contributed by atoms with E-state index in [0.717, 1.165) is 5.75 Å². The fourth-order valence-corrected chi connectivity index (χ4v) is 3.25. The Balaban J connectivity index is 2.10. The van der Waals surface area contributed by atoms with Crippen LogP contribution >= 0.6 is 0 Å². The lowest BCUT2D eigenvalue weighted by Gasteiger charge is -2.27. The van der Waals surface area contributed by atoms with Crippen molar-refractivity contribution >= 4 is 0 Å². The minimum atomic E-state index is 0.184. The average molecular weight is 261 g/mol. The zero-order valence-electron chi connectivity index (χ0n) is 12.3. The summed E-state index contributed by atoms with van der Waals surface area (Å²) in [7, 11) is 1.71. The van der Waals surface area contributed by atoms with E-state index in [4.69, 9.17) is 10.5 Å². The molecule has 19 heavy (non-hydrogen) atoms. The Labute approximate surface area is 117 Å². The smallest absolute Gasteiger partial charge is 0.119 e. The quantitative estimate of drug-likeness (QED) is 0.877. The topological polar surface area (TPSA) is 35.2 Å². The Morgan fingerprint density at radius 1 is 1.11 bits per heavy atom. The summed E-state index contributed by atoms with van der Waals surface area (Å²) in [4.78, 5) is 0. The van der Waals surface area contributed by atoms with Gasteiger partial charge in [-0.15, -0.1) is 0 Å². The zero-order valence-corrected chi connectivity index (χ0v) is 12.3. The molecule has 2 heteroatoms. The first-order chi connectivity index (χ1) is 9.22. The van der Waals surface area contributed by atoms with Crippen LogP contribution in [0.2, 0.25) is 0 Å². The van der Waals surface area contributed by atoms with Gasteiger partial charge in [0, 0.05) is 6.04 Å². The minimum Gasteiger partial charge on any atom is -0.497 e. The fraction of sp³-hybridized carbons (Fsp3) is 0.647. The van der Waals surface area contributed by atoms with Crippen molar-refractivity contribution in [3.8, 4) is 5.75 Å². The summed E-state index contributed by atoms with van der Waals surface area (Å²) in [6, 6.07) is 6.46. The monoisotopic (exact) mass is 261 g/mol. The van der Waals surface area contributed by atoms with Crippen LogP contribution in [0.5, 0.6) is 5.75 Å². The van der Waals surface area contributed by atoms with E-state index in [1.807, 2.05) is 6.07 Å². The fourth-order valence-electron chi connectivity index (χ4n) is 3.25. The van der Waals surface area contributed by atoms with Gasteiger partial charge in [0.25, 0.3) is 0 Å². The van der Waals surface area contributed by atoms with E-state index < -0.39 is 0 Å². The van der Waals surface area contributed by atoms with Crippen LogP contribution in [0.3, 0.4) is 0 Å². The highest BCUT2D eigenvalue weighted by molar-refractivity contribution is 5.36. The number of benzene rings is 1. The van der Waals surface area contributed by atoms with Crippen molar-refractivity contribution in [3.63, 3.8) is 0 Å². The van der Waals surface area contributed by atoms with Gasteiger partial charge in [0.15, 0.2) is 0 Å². The van der Waals surface area contributed by atoms with Gasteiger partial charge in [0.1, 0.15) is 5.75 Å². The van der Waals surface area contributed by atoms with E-state index in [0.29, 0.717) is 5.92 Å². The zero-order chi connectivity index (χ0) is 13.7. The van der Waals surface area contributed by atoms with E-state index in [1.54, 1.807) is 7.11 Å². The van der Waals surface area contributed by atoms with Crippen LogP contribution in [-0.2, 0) is 0 Å². The lowest BCUT2D eigenvalue weighted by atomic mass is 9.82. The molecule has 0 spiro atoms. The summed E-state index contributed by atoms with van der Waals surface area (Å²) in [6.07, 6.45) is 9.42. The third-order valence-corrected chi connectivity index (χ3v) is 4.49. The van der Waals surface area contributed by atoms with Crippen LogP contribution in [0.15, 0.2) is 18.2 Å². The van der Waals surface area contributed by atoms with E-state index in [1.165, 1.54) is 56.1 Å². The molecular weight excluding hydrogens is 234 g/mol. The maximum atomic E-state index is 6.54. The van der Waals surface area contributed by atoms with Crippen molar-refractivity contribution in [3.05, 3.63) is 29.3 Å². The Kier molecular flexibility index (Phi) is 5.26. The molecule has 1 atom stereocenters. The van der Waals surface area contributed by atoms with Gasteiger partial charge in [-0.3, -0.25) is 0 Å². The predicted octanol–water partition coefficient (Wildman–Crippen LogP) is 4.36. The van der Waals surface area contributed by atoms with Gasteiger partial charge in [-0.25, -0.2) is 0 Å². The maximum Gasteiger partial charge on any atom is 0.119 e. The highest BCUT2D eigenvalue weighted by Gasteiger charge is 2.21. The van der Waals surface area contributed by atoms with Crippen LogP contribution < -0.4 is 10.5 Å². The van der Waals surface area contributed by atoms with E-state index in [-0.39, 0.29) is 6.04 Å². The van der Waals surface area contributed by atoms with Crippen molar-refractivity contribution in [2.45, 2.75) is 57.9 Å². The van der Waals surface area contributed by atoms with Crippen LogP contribution in [0, 0.1) is 12.8 Å². The lowest BCUT2D eigenvalue weighted by molar-refractivity contribution is 0.326. The Bertz CT molecular complexity index is 394. The van der Waals surface area contributed by atoms with Gasteiger partial charge in [0.05, 0.1) is 7.11 Å². The number of hydrogen-bond donors (Lipinski definition) is 1. The molecule has 1 unspecified atom stereocenters. The van der Waals surface area contributed by atoms with Gasteiger partial charge in [-0.1, -0.05) is 38.2 Å². The highest BCUT2D eigenvalue weighted by atomic mass is 16.5. The van der Waals surface area contributed by atoms with Crippen molar-refractivity contribution in [1.29, 1.82) is 0 Å². The van der Waals surface area contributed by atoms with Crippen molar-refractivity contribution in [1.82, 2.24) is 0 Å². The number of hydrogen-bond acceptors (Lipinski definition) is 2. The molecule has 0 aromatic heterocycles. The molecule has 1 aromatic rings. The summed E-state index contributed by atoms with van der Waals surface area (Å²) in [5, 5.41) is 0. The Morgan fingerprint density at radius 2 is 1.74 bits per heavy atom. The molecule has 0 bridgehead atoms. The van der Waals surface area contributed by atoms with Gasteiger partial charge in [-0.05, 0) is 48.9 Å². The lowest BCUT2D eigenvalue weighted by Crippen LogP contribution is -2.23. The number of rotatable bonds is 3. The number of methoxy groups -OCH3 is 1. The summed E-state index contributed by atoms with van der Waals surface area (Å²) < 4.78 is 5.27. The van der Waals surface area contributed by atoms with Gasteiger partial charge < -0.3 is 10.5 Å². The molecule has 0 heterocycles. The molecule has 1 fully saturated rings. The molecule has 2 N–H and O–H groups in total. The molecule has 1 aromatic carbocycles. The standard InChI is InChI=1S/C17H27NO/c1-13-12-15(19-2)10-11-16(13)17(18)14-8-6-4-3-5-7-9-14/h10-12,14,17H,3-9,18H2,1-2H3. The van der Waals surface area contributed by atoms with Crippen LogP contribution in [0.1, 0.15) is 62.1 Å². The van der Waals surface area contributed by atoms with Crippen molar-refractivity contribution < 1.29 is 4.74 Å². The molecule has 1 saturated carbocycles. The largest absolute Gasteiger partial charge is 0.497 e. The van der Waals surface area contributed by atoms with Crippen LogP contribution in [-0.4, -0.2) is 7.11 Å². The van der Waals surface area contributed by atoms with E-state index in [2.05, 4.69) is 19.1 Å². The van der Waals surface area contributed by atoms with E-state index in [9.17, 15) is 0 Å². The van der Waals surface area contributed by atoms with Crippen LogP contribution in [0.4, 0.5) is 0 Å². The molecule has 2 rings (SSSR count). The second-order valence-corrected chi connectivity index (χ2v) is 5.85. The molecule has 1 aliphatic carbocycles. The minimum absolute atomic E-state index is 0.184. The number of nitrogens with two attached hydrogens (primary N) is 1. The van der Waals surface area contributed by atoms with Gasteiger partial charge in [0.2, 0.25) is 0 Å². The second kappa shape index (κ2) is 6.95. The third kappa shape index (κ3) is 3.73.